The Labute approximate surface area is 231 Å². The standard InChI is InChI=1S/C32H33N3O3S/c1-25-11-7-8-14-29(25)21-32(36)35(22-26-12-5-4-6-13-26)23-27-17-19-28(20-18-27)30-15-9-10-16-31(30)39(37,38)33-24-34(2)3/h4-20,24H,21-23H2,1-3H3. The SMILES string of the molecule is Cc1ccccc1CC(=O)N(Cc1ccccc1)Cc1ccc(-c2ccccc2S(=O)(=O)N=CN(C)C)cc1. The van der Waals surface area contributed by atoms with E-state index < -0.39 is 10.0 Å². The summed E-state index contributed by atoms with van der Waals surface area (Å²) in [5, 5.41) is 0. The van der Waals surface area contributed by atoms with Crippen molar-refractivity contribution in [2.24, 2.45) is 4.40 Å². The van der Waals surface area contributed by atoms with Gasteiger partial charge in [-0.05, 0) is 40.8 Å². The second-order valence-electron chi connectivity index (χ2n) is 9.69. The smallest absolute Gasteiger partial charge is 0.284 e. The molecule has 0 atom stereocenters. The van der Waals surface area contributed by atoms with Gasteiger partial charge in [-0.25, -0.2) is 0 Å². The quantitative estimate of drug-likeness (QED) is 0.191. The summed E-state index contributed by atoms with van der Waals surface area (Å²) in [5.41, 5.74) is 5.48. The molecule has 0 N–H and O–H groups in total. The average molecular weight is 540 g/mol. The van der Waals surface area contributed by atoms with Crippen LogP contribution >= 0.6 is 0 Å². The van der Waals surface area contributed by atoms with Gasteiger partial charge >= 0.3 is 0 Å². The number of amides is 1. The zero-order valence-electron chi connectivity index (χ0n) is 22.5. The van der Waals surface area contributed by atoms with Gasteiger partial charge in [0.1, 0.15) is 6.34 Å². The number of carbonyl (C=O) groups is 1. The Kier molecular flexibility index (Phi) is 8.94. The van der Waals surface area contributed by atoms with Gasteiger partial charge in [0.25, 0.3) is 10.0 Å². The molecule has 1 amide bonds. The van der Waals surface area contributed by atoms with Crippen LogP contribution in [0.4, 0.5) is 0 Å². The molecule has 0 heterocycles. The molecule has 6 nitrogen and oxygen atoms in total. The number of sulfonamides is 1. The van der Waals surface area contributed by atoms with Crippen LogP contribution in [0.15, 0.2) is 112 Å². The fourth-order valence-corrected chi connectivity index (χ4v) is 5.41. The number of hydrogen-bond donors (Lipinski definition) is 0. The molecule has 0 saturated carbocycles. The molecular weight excluding hydrogens is 506 g/mol. The fourth-order valence-electron chi connectivity index (χ4n) is 4.27. The second kappa shape index (κ2) is 12.5. The Morgan fingerprint density at radius 2 is 1.36 bits per heavy atom. The Balaban J connectivity index is 1.59. The van der Waals surface area contributed by atoms with Crippen LogP contribution in [-0.4, -0.2) is 44.6 Å². The molecule has 39 heavy (non-hydrogen) atoms. The normalized spacial score (nSPS) is 11.5. The molecule has 0 radical (unpaired) electrons. The summed E-state index contributed by atoms with van der Waals surface area (Å²) >= 11 is 0. The zero-order valence-corrected chi connectivity index (χ0v) is 23.3. The zero-order chi connectivity index (χ0) is 27.8. The van der Waals surface area contributed by atoms with Crippen LogP contribution in [0.25, 0.3) is 11.1 Å². The molecule has 4 aromatic carbocycles. The van der Waals surface area contributed by atoms with Crippen molar-refractivity contribution in [3.8, 4) is 11.1 Å². The van der Waals surface area contributed by atoms with E-state index in [1.165, 1.54) is 6.34 Å². The summed E-state index contributed by atoms with van der Waals surface area (Å²) < 4.78 is 29.6. The van der Waals surface area contributed by atoms with Gasteiger partial charge in [-0.3, -0.25) is 4.79 Å². The Morgan fingerprint density at radius 3 is 2.03 bits per heavy atom. The maximum absolute atomic E-state index is 13.5. The summed E-state index contributed by atoms with van der Waals surface area (Å²) in [5.74, 6) is 0.0485. The number of nitrogens with zero attached hydrogens (tertiary/aromatic N) is 3. The summed E-state index contributed by atoms with van der Waals surface area (Å²) in [6.07, 6.45) is 1.61. The van der Waals surface area contributed by atoms with E-state index in [0.29, 0.717) is 25.1 Å². The highest BCUT2D eigenvalue weighted by molar-refractivity contribution is 7.90. The van der Waals surface area contributed by atoms with E-state index in [9.17, 15) is 13.2 Å². The predicted molar refractivity (Wildman–Crippen MR) is 157 cm³/mol. The lowest BCUT2D eigenvalue weighted by molar-refractivity contribution is -0.131. The lowest BCUT2D eigenvalue weighted by atomic mass is 10.0. The molecule has 0 fully saturated rings. The lowest BCUT2D eigenvalue weighted by Crippen LogP contribution is -2.31. The van der Waals surface area contributed by atoms with Crippen LogP contribution in [-0.2, 0) is 34.3 Å². The molecule has 0 aliphatic rings. The van der Waals surface area contributed by atoms with E-state index >= 15 is 0 Å². The number of rotatable bonds is 10. The summed E-state index contributed by atoms with van der Waals surface area (Å²) in [4.78, 5) is 17.1. The Bertz CT molecular complexity index is 1550. The number of aryl methyl sites for hydroxylation is 1. The van der Waals surface area contributed by atoms with Crippen molar-refractivity contribution in [3.05, 3.63) is 125 Å². The van der Waals surface area contributed by atoms with Gasteiger partial charge in [0.15, 0.2) is 0 Å². The summed E-state index contributed by atoms with van der Waals surface area (Å²) in [7, 11) is -0.430. The first-order chi connectivity index (χ1) is 18.7. The van der Waals surface area contributed by atoms with Gasteiger partial charge in [0, 0.05) is 32.7 Å². The van der Waals surface area contributed by atoms with Crippen molar-refractivity contribution in [1.29, 1.82) is 0 Å². The molecule has 0 aromatic heterocycles. The van der Waals surface area contributed by atoms with E-state index in [2.05, 4.69) is 4.40 Å². The van der Waals surface area contributed by atoms with Gasteiger partial charge in [-0.1, -0.05) is 97.1 Å². The third-order valence-corrected chi connectivity index (χ3v) is 7.68. The first-order valence-electron chi connectivity index (χ1n) is 12.7. The van der Waals surface area contributed by atoms with Crippen molar-refractivity contribution in [3.63, 3.8) is 0 Å². The molecule has 0 aliphatic carbocycles. The molecule has 0 bridgehead atoms. The van der Waals surface area contributed by atoms with Crippen LogP contribution in [0.1, 0.15) is 22.3 Å². The maximum atomic E-state index is 13.5. The lowest BCUT2D eigenvalue weighted by Gasteiger charge is -2.24. The van der Waals surface area contributed by atoms with E-state index in [1.54, 1.807) is 37.2 Å². The minimum absolute atomic E-state index is 0.0485. The summed E-state index contributed by atoms with van der Waals surface area (Å²) in [6, 6.07) is 32.4. The molecule has 0 aliphatic heterocycles. The highest BCUT2D eigenvalue weighted by Gasteiger charge is 2.19. The van der Waals surface area contributed by atoms with Crippen molar-refractivity contribution < 1.29 is 13.2 Å². The molecule has 0 saturated heterocycles. The second-order valence-corrected chi connectivity index (χ2v) is 11.3. The molecule has 0 unspecified atom stereocenters. The molecule has 0 spiro atoms. The van der Waals surface area contributed by atoms with Crippen LogP contribution in [0.2, 0.25) is 0 Å². The van der Waals surface area contributed by atoms with E-state index in [4.69, 9.17) is 0 Å². The molecular formula is C32H33N3O3S. The number of carbonyl (C=O) groups excluding carboxylic acids is 1. The van der Waals surface area contributed by atoms with Crippen LogP contribution < -0.4 is 0 Å². The van der Waals surface area contributed by atoms with Crippen LogP contribution in [0.5, 0.6) is 0 Å². The van der Waals surface area contributed by atoms with Gasteiger partial charge in [-0.2, -0.15) is 8.42 Å². The van der Waals surface area contributed by atoms with E-state index in [1.807, 2.05) is 96.8 Å². The Morgan fingerprint density at radius 1 is 0.769 bits per heavy atom. The van der Waals surface area contributed by atoms with Crippen molar-refractivity contribution in [2.75, 3.05) is 14.1 Å². The first-order valence-corrected chi connectivity index (χ1v) is 14.2. The fraction of sp³-hybridized carbons (Fsp3) is 0.188. The molecule has 4 aromatic rings. The van der Waals surface area contributed by atoms with Gasteiger partial charge in [0.05, 0.1) is 11.3 Å². The summed E-state index contributed by atoms with van der Waals surface area (Å²) in [6.45, 7) is 2.96. The van der Waals surface area contributed by atoms with Gasteiger partial charge in [-0.15, -0.1) is 4.40 Å². The van der Waals surface area contributed by atoms with Gasteiger partial charge < -0.3 is 9.80 Å². The van der Waals surface area contributed by atoms with Crippen LogP contribution in [0, 0.1) is 6.92 Å². The van der Waals surface area contributed by atoms with E-state index in [0.717, 1.165) is 27.8 Å². The molecule has 7 heteroatoms. The van der Waals surface area contributed by atoms with Crippen LogP contribution in [0.3, 0.4) is 0 Å². The molecule has 200 valence electrons. The van der Waals surface area contributed by atoms with Crippen molar-refractivity contribution >= 4 is 22.3 Å². The third-order valence-electron chi connectivity index (χ3n) is 6.39. The monoisotopic (exact) mass is 539 g/mol. The minimum atomic E-state index is -3.87. The topological polar surface area (TPSA) is 70.0 Å². The third kappa shape index (κ3) is 7.42. The average Bonchev–Trinajstić information content (AvgIpc) is 2.94. The number of benzene rings is 4. The van der Waals surface area contributed by atoms with Gasteiger partial charge in [0.2, 0.25) is 5.91 Å². The van der Waals surface area contributed by atoms with Crippen molar-refractivity contribution in [1.82, 2.24) is 9.80 Å². The highest BCUT2D eigenvalue weighted by Crippen LogP contribution is 2.29. The maximum Gasteiger partial charge on any atom is 0.284 e. The first kappa shape index (κ1) is 27.8. The molecule has 4 rings (SSSR count). The Hall–Kier alpha value is -4.23. The predicted octanol–water partition coefficient (Wildman–Crippen LogP) is 5.71. The number of hydrogen-bond acceptors (Lipinski definition) is 3. The van der Waals surface area contributed by atoms with E-state index in [-0.39, 0.29) is 10.8 Å². The minimum Gasteiger partial charge on any atom is -0.368 e. The highest BCUT2D eigenvalue weighted by atomic mass is 32.2. The largest absolute Gasteiger partial charge is 0.368 e. The van der Waals surface area contributed by atoms with Crippen molar-refractivity contribution in [2.45, 2.75) is 31.3 Å².